The van der Waals surface area contributed by atoms with Crippen LogP contribution in [0, 0.1) is 34.0 Å². The smallest absolute Gasteiger partial charge is 0.549 e. The van der Waals surface area contributed by atoms with Crippen LogP contribution < -0.4 is 30.6 Å². The van der Waals surface area contributed by atoms with Gasteiger partial charge in [0, 0.05) is 0 Å². The number of carboxylic acids is 6. The van der Waals surface area contributed by atoms with Crippen molar-refractivity contribution >= 4 is 87.5 Å². The number of carbonyl (C=O) groups is 6. The van der Waals surface area contributed by atoms with Crippen molar-refractivity contribution in [1.82, 2.24) is 0 Å². The van der Waals surface area contributed by atoms with Gasteiger partial charge in [0.15, 0.2) is 0 Å². The van der Waals surface area contributed by atoms with Crippen molar-refractivity contribution in [3.8, 4) is 0 Å². The molecule has 0 N–H and O–H groups in total. The second-order valence-electron chi connectivity index (χ2n) is 7.78. The maximum absolute atomic E-state index is 10.3. The van der Waals surface area contributed by atoms with E-state index in [-0.39, 0.29) is 70.9 Å². The van der Waals surface area contributed by atoms with E-state index in [2.05, 4.69) is 19.7 Å². The topological polar surface area (TPSA) is 241 Å². The molecule has 3 aliphatic carbocycles. The van der Waals surface area contributed by atoms with E-state index >= 15 is 0 Å². The van der Waals surface area contributed by atoms with E-state index in [1.54, 1.807) is 0 Å². The Morgan fingerprint density at radius 1 is 0.486 bits per heavy atom. The van der Waals surface area contributed by atoms with Crippen molar-refractivity contribution in [1.29, 1.82) is 0 Å². The van der Waals surface area contributed by atoms with Gasteiger partial charge in [-0.3, -0.25) is 0 Å². The van der Waals surface area contributed by atoms with Gasteiger partial charge < -0.3 is 59.4 Å². The van der Waals surface area contributed by atoms with Crippen LogP contribution >= 0.6 is 0 Å². The zero-order valence-corrected chi connectivity index (χ0v) is 24.9. The molecule has 0 aromatic heterocycles. The van der Waals surface area contributed by atoms with Crippen molar-refractivity contribution in [2.75, 3.05) is 0 Å². The predicted octanol–water partition coefficient (Wildman–Crippen LogP) is -7.73. The van der Waals surface area contributed by atoms with Gasteiger partial charge >= 0.3 is 51.7 Å². The number of allylic oxidation sites excluding steroid dienone is 3. The fraction of sp³-hybridized carbons (Fsp3) is 0.429. The number of aliphatic carboxylic acids is 6. The molecule has 0 bridgehead atoms. The summed E-state index contributed by atoms with van der Waals surface area (Å²) >= 11 is 0. The van der Waals surface area contributed by atoms with Crippen LogP contribution in [0.5, 0.6) is 0 Å². The van der Waals surface area contributed by atoms with Gasteiger partial charge in [0.05, 0.1) is 52.1 Å². The Morgan fingerprint density at radius 3 is 0.657 bits per heavy atom. The molecule has 0 spiro atoms. The number of carboxylic acid groups (broad SMARTS) is 6. The average molecular weight is 692 g/mol. The third kappa shape index (κ3) is 6.32. The number of rotatable bonds is 9. The van der Waals surface area contributed by atoms with E-state index in [1.807, 2.05) is 0 Å². The quantitative estimate of drug-likeness (QED) is 0.162. The molecule has 14 heteroatoms. The second-order valence-corrected chi connectivity index (χ2v) is 7.78. The molecule has 0 aromatic rings. The molecule has 0 saturated heterocycles. The van der Waals surface area contributed by atoms with E-state index < -0.39 is 69.8 Å². The molecule has 3 aliphatic rings. The fourth-order valence-corrected chi connectivity index (χ4v) is 3.38. The molecule has 35 heavy (non-hydrogen) atoms. The van der Waals surface area contributed by atoms with Gasteiger partial charge in [0.1, 0.15) is 0 Å². The molecule has 180 valence electrons. The van der Waals surface area contributed by atoms with Crippen LogP contribution in [0.25, 0.3) is 0 Å². The normalized spacial score (nSPS) is 24.2. The predicted molar refractivity (Wildman–Crippen MR) is 104 cm³/mol. The minimum absolute atomic E-state index is 0. The van der Waals surface area contributed by atoms with Crippen molar-refractivity contribution in [3.05, 3.63) is 38.0 Å². The minimum Gasteiger partial charge on any atom is -0.549 e. The van der Waals surface area contributed by atoms with Gasteiger partial charge in [-0.1, -0.05) is 18.2 Å². The second kappa shape index (κ2) is 12.7. The Balaban J connectivity index is 0. The summed E-state index contributed by atoms with van der Waals surface area (Å²) in [6.45, 7) is 9.90. The van der Waals surface area contributed by atoms with Crippen molar-refractivity contribution < 1.29 is 59.4 Å². The minimum atomic E-state index is -1.79. The molecule has 0 aromatic carbocycles. The van der Waals surface area contributed by atoms with Crippen LogP contribution in [-0.4, -0.2) is 87.5 Å². The maximum atomic E-state index is 10.3. The summed E-state index contributed by atoms with van der Waals surface area (Å²) in [6, 6.07) is 0. The van der Waals surface area contributed by atoms with Gasteiger partial charge in [-0.05, 0) is 37.0 Å². The van der Waals surface area contributed by atoms with E-state index in [0.717, 1.165) is 0 Å². The molecule has 12 nitrogen and oxygen atoms in total. The molecular weight excluding hydrogens is 674 g/mol. The summed E-state index contributed by atoms with van der Waals surface area (Å²) in [5, 5.41) is 61.9. The molecule has 3 saturated carbocycles. The monoisotopic (exact) mass is 692 g/mol. The fourth-order valence-electron chi connectivity index (χ4n) is 3.38. The SMILES string of the molecule is C=CC1CC1(C(=O)[O-])C(=O)[O-].C=CC1CC1(C(=O)[O-])C(=O)[O-].C=CC1CC1(C(=O)[O-])C(=O)[O-].[In+3].[In+3]. The Kier molecular flexibility index (Phi) is 12.6. The molecule has 3 fully saturated rings. The first kappa shape index (κ1) is 34.9. The van der Waals surface area contributed by atoms with Gasteiger partial charge in [-0.15, -0.1) is 19.7 Å². The summed E-state index contributed by atoms with van der Waals surface area (Å²) in [5.74, 6) is -11.1. The molecule has 0 aliphatic heterocycles. The zero-order chi connectivity index (χ0) is 25.9. The van der Waals surface area contributed by atoms with E-state index in [9.17, 15) is 59.4 Å². The Labute approximate surface area is 237 Å². The summed E-state index contributed by atoms with van der Waals surface area (Å²) in [4.78, 5) is 61.9. The average Bonchev–Trinajstić information content (AvgIpc) is 3.62. The third-order valence-corrected chi connectivity index (χ3v) is 6.08. The van der Waals surface area contributed by atoms with Crippen LogP contribution in [0.2, 0.25) is 0 Å². The van der Waals surface area contributed by atoms with Crippen molar-refractivity contribution in [3.63, 3.8) is 0 Å². The Morgan fingerprint density at radius 2 is 0.629 bits per heavy atom. The van der Waals surface area contributed by atoms with E-state index in [1.165, 1.54) is 18.2 Å². The first-order chi connectivity index (χ1) is 15.2. The zero-order valence-electron chi connectivity index (χ0n) is 18.3. The molecule has 0 amide bonds. The van der Waals surface area contributed by atoms with Crippen LogP contribution in [0.3, 0.4) is 0 Å². The van der Waals surface area contributed by atoms with Gasteiger partial charge in [0.25, 0.3) is 0 Å². The molecule has 3 rings (SSSR count). The third-order valence-electron chi connectivity index (χ3n) is 6.08. The number of hydrogen-bond donors (Lipinski definition) is 0. The first-order valence-corrected chi connectivity index (χ1v) is 9.33. The maximum Gasteiger partial charge on any atom is 3.00 e. The van der Waals surface area contributed by atoms with Gasteiger partial charge in [-0.25, -0.2) is 0 Å². The molecular formula is C21H18In2O12. The van der Waals surface area contributed by atoms with Crippen LogP contribution in [0.1, 0.15) is 19.3 Å². The van der Waals surface area contributed by atoms with Gasteiger partial charge in [-0.2, -0.15) is 0 Å². The van der Waals surface area contributed by atoms with Crippen molar-refractivity contribution in [2.45, 2.75) is 19.3 Å². The number of hydrogen-bond acceptors (Lipinski definition) is 12. The molecule has 0 radical (unpaired) electrons. The Hall–Kier alpha value is -2.22. The molecule has 3 unspecified atom stereocenters. The standard InChI is InChI=1S/3C7H8O4.2In/c3*1-2-4-3-7(4,5(8)9)6(10)11;;/h3*2,4H,1,3H2,(H,8,9)(H,10,11);;/q;;;2*+3/p-6. The Bertz CT molecular complexity index is 780. The molecule has 3 atom stereocenters. The first-order valence-electron chi connectivity index (χ1n) is 9.33. The van der Waals surface area contributed by atoms with Crippen molar-refractivity contribution in [2.24, 2.45) is 34.0 Å². The summed E-state index contributed by atoms with van der Waals surface area (Å²) in [7, 11) is 0. The van der Waals surface area contributed by atoms with Gasteiger partial charge in [0.2, 0.25) is 0 Å². The summed E-state index contributed by atoms with van der Waals surface area (Å²) < 4.78 is 0. The van der Waals surface area contributed by atoms with Crippen LogP contribution in [0.4, 0.5) is 0 Å². The summed E-state index contributed by atoms with van der Waals surface area (Å²) in [5.41, 5.74) is -5.37. The van der Waals surface area contributed by atoms with E-state index in [0.29, 0.717) is 0 Å². The van der Waals surface area contributed by atoms with E-state index in [4.69, 9.17) is 0 Å². The number of carbonyl (C=O) groups excluding carboxylic acids is 6. The largest absolute Gasteiger partial charge is 3.00 e. The summed E-state index contributed by atoms with van der Waals surface area (Å²) in [6.07, 6.45) is 4.02. The van der Waals surface area contributed by atoms with Crippen LogP contribution in [0.15, 0.2) is 38.0 Å². The van der Waals surface area contributed by atoms with Crippen LogP contribution in [-0.2, 0) is 28.8 Å². The molecule has 0 heterocycles.